The monoisotopic (exact) mass is 354 g/mol. The van der Waals surface area contributed by atoms with Gasteiger partial charge in [-0.2, -0.15) is 0 Å². The molecule has 142 valence electrons. The van der Waals surface area contributed by atoms with Crippen molar-refractivity contribution in [2.45, 2.75) is 78.6 Å². The molecule has 2 aliphatic rings. The van der Waals surface area contributed by atoms with Gasteiger partial charge < -0.3 is 9.84 Å². The zero-order valence-electron chi connectivity index (χ0n) is 15.6. The van der Waals surface area contributed by atoms with E-state index in [0.717, 1.165) is 12.8 Å². The van der Waals surface area contributed by atoms with Gasteiger partial charge in [0, 0.05) is 19.3 Å². The molecule has 6 nitrogen and oxygen atoms in total. The first-order chi connectivity index (χ1) is 11.7. The van der Waals surface area contributed by atoms with Crippen LogP contribution in [-0.2, 0) is 23.9 Å². The van der Waals surface area contributed by atoms with E-state index < -0.39 is 16.8 Å². The minimum atomic E-state index is -0.853. The second kappa shape index (κ2) is 9.11. The number of carboxylic acids is 1. The molecule has 0 amide bonds. The number of carboxylic acid groups (broad SMARTS) is 1. The van der Waals surface area contributed by atoms with Crippen molar-refractivity contribution in [1.82, 2.24) is 0 Å². The Morgan fingerprint density at radius 1 is 1.04 bits per heavy atom. The van der Waals surface area contributed by atoms with Crippen LogP contribution in [0.3, 0.4) is 0 Å². The minimum absolute atomic E-state index is 0.0391. The summed E-state index contributed by atoms with van der Waals surface area (Å²) in [6.45, 7) is 5.69. The van der Waals surface area contributed by atoms with E-state index in [9.17, 15) is 19.2 Å². The number of ether oxygens (including phenoxy) is 1. The Labute approximate surface area is 149 Å². The summed E-state index contributed by atoms with van der Waals surface area (Å²) in [5.74, 6) is -0.838. The number of carbonyl (C=O) groups is 4. The zero-order chi connectivity index (χ0) is 19.1. The third-order valence-electron chi connectivity index (χ3n) is 5.57. The average Bonchev–Trinajstić information content (AvgIpc) is 2.59. The first-order valence-electron chi connectivity index (χ1n) is 9.17. The van der Waals surface area contributed by atoms with Crippen LogP contribution in [0.15, 0.2) is 0 Å². The molecule has 0 aromatic rings. The molecule has 2 rings (SSSR count). The van der Waals surface area contributed by atoms with Crippen molar-refractivity contribution in [2.75, 3.05) is 6.61 Å². The normalized spacial score (nSPS) is 25.6. The molecule has 25 heavy (non-hydrogen) atoms. The summed E-state index contributed by atoms with van der Waals surface area (Å²) in [7, 11) is 0. The van der Waals surface area contributed by atoms with Crippen LogP contribution in [0.25, 0.3) is 0 Å². The first-order valence-corrected chi connectivity index (χ1v) is 9.17. The molecule has 2 aliphatic carbocycles. The smallest absolute Gasteiger partial charge is 0.319 e. The van der Waals surface area contributed by atoms with Crippen LogP contribution in [-0.4, -0.2) is 35.2 Å². The molecule has 2 saturated carbocycles. The van der Waals surface area contributed by atoms with Crippen LogP contribution in [0.2, 0.25) is 0 Å². The fourth-order valence-electron chi connectivity index (χ4n) is 3.41. The Kier molecular flexibility index (Phi) is 7.77. The van der Waals surface area contributed by atoms with E-state index in [-0.39, 0.29) is 17.5 Å². The van der Waals surface area contributed by atoms with E-state index in [1.165, 1.54) is 0 Å². The Hall–Kier alpha value is -1.72. The topological polar surface area (TPSA) is 97.7 Å². The molecule has 2 fully saturated rings. The van der Waals surface area contributed by atoms with Crippen molar-refractivity contribution in [2.24, 2.45) is 10.8 Å². The average molecular weight is 354 g/mol. The largest absolute Gasteiger partial charge is 0.481 e. The van der Waals surface area contributed by atoms with Crippen LogP contribution >= 0.6 is 0 Å². The van der Waals surface area contributed by atoms with E-state index in [2.05, 4.69) is 0 Å². The van der Waals surface area contributed by atoms with Gasteiger partial charge in [-0.1, -0.05) is 13.3 Å². The predicted octanol–water partition coefficient (Wildman–Crippen LogP) is 3.31. The van der Waals surface area contributed by atoms with Gasteiger partial charge in [0.15, 0.2) is 0 Å². The van der Waals surface area contributed by atoms with Crippen LogP contribution in [0, 0.1) is 10.8 Å². The number of rotatable bonds is 4. The number of aliphatic carboxylic acids is 1. The van der Waals surface area contributed by atoms with E-state index in [1.54, 1.807) is 13.8 Å². The standard InChI is InChI=1S/C10H16O3.C9H14O3/c1-3-13-9(12)10(2)7-5-4-6-8(10)11;1-2-9(8(11)12)5-3-7(10)4-6-9/h3-7H2,1-2H3;2-6H2,1H3,(H,11,12)/t10-;/m0./s1. The molecule has 0 heterocycles. The predicted molar refractivity (Wildman–Crippen MR) is 92.0 cm³/mol. The number of esters is 1. The molecule has 0 saturated heterocycles. The fraction of sp³-hybridized carbons (Fsp3) is 0.789. The van der Waals surface area contributed by atoms with Gasteiger partial charge >= 0.3 is 11.9 Å². The highest BCUT2D eigenvalue weighted by Crippen LogP contribution is 2.38. The van der Waals surface area contributed by atoms with Gasteiger partial charge in [-0.05, 0) is 46.0 Å². The maximum atomic E-state index is 11.5. The second-order valence-corrected chi connectivity index (χ2v) is 7.16. The van der Waals surface area contributed by atoms with Gasteiger partial charge in [-0.25, -0.2) is 0 Å². The molecule has 0 aliphatic heterocycles. The van der Waals surface area contributed by atoms with Crippen LogP contribution in [0.5, 0.6) is 0 Å². The minimum Gasteiger partial charge on any atom is -0.481 e. The lowest BCUT2D eigenvalue weighted by Gasteiger charge is -2.31. The second-order valence-electron chi connectivity index (χ2n) is 7.16. The van der Waals surface area contributed by atoms with Crippen LogP contribution in [0.4, 0.5) is 0 Å². The lowest BCUT2D eigenvalue weighted by atomic mass is 9.72. The number of Topliss-reactive ketones (excluding diaryl/α,β-unsaturated/α-hetero) is 2. The molecular formula is C19H30O6. The summed E-state index contributed by atoms with van der Waals surface area (Å²) in [6, 6.07) is 0. The molecule has 0 spiro atoms. The molecule has 0 radical (unpaired) electrons. The van der Waals surface area contributed by atoms with Gasteiger partial charge in [-0.15, -0.1) is 0 Å². The SMILES string of the molecule is CCC1(C(=O)O)CCC(=O)CC1.CCOC(=O)[C@@]1(C)CCCCC1=O. The molecular weight excluding hydrogens is 324 g/mol. The zero-order valence-corrected chi connectivity index (χ0v) is 15.6. The van der Waals surface area contributed by atoms with Crippen molar-refractivity contribution in [3.63, 3.8) is 0 Å². The Morgan fingerprint density at radius 3 is 2.08 bits per heavy atom. The fourth-order valence-corrected chi connectivity index (χ4v) is 3.41. The third kappa shape index (κ3) is 5.13. The Morgan fingerprint density at radius 2 is 1.64 bits per heavy atom. The lowest BCUT2D eigenvalue weighted by molar-refractivity contribution is -0.161. The number of hydrogen-bond acceptors (Lipinski definition) is 5. The van der Waals surface area contributed by atoms with Crippen molar-refractivity contribution < 1.29 is 29.0 Å². The quantitative estimate of drug-likeness (QED) is 0.614. The highest BCUT2D eigenvalue weighted by Gasteiger charge is 2.43. The van der Waals surface area contributed by atoms with Crippen LogP contribution < -0.4 is 0 Å². The summed E-state index contributed by atoms with van der Waals surface area (Å²) in [5.41, 5.74) is -1.46. The van der Waals surface area contributed by atoms with Gasteiger partial charge in [0.1, 0.15) is 17.0 Å². The van der Waals surface area contributed by atoms with Crippen molar-refractivity contribution in [3.8, 4) is 0 Å². The van der Waals surface area contributed by atoms with Gasteiger partial charge in [0.25, 0.3) is 0 Å². The van der Waals surface area contributed by atoms with Crippen molar-refractivity contribution in [3.05, 3.63) is 0 Å². The summed E-state index contributed by atoms with van der Waals surface area (Å²) >= 11 is 0. The molecule has 1 N–H and O–H groups in total. The maximum Gasteiger partial charge on any atom is 0.319 e. The highest BCUT2D eigenvalue weighted by molar-refractivity contribution is 6.03. The van der Waals surface area contributed by atoms with E-state index in [4.69, 9.17) is 9.84 Å². The Bertz CT molecular complexity index is 514. The number of carbonyl (C=O) groups excluding carboxylic acids is 3. The van der Waals surface area contributed by atoms with Gasteiger partial charge in [-0.3, -0.25) is 19.2 Å². The van der Waals surface area contributed by atoms with E-state index >= 15 is 0 Å². The number of ketones is 2. The van der Waals surface area contributed by atoms with Gasteiger partial charge in [0.2, 0.25) is 0 Å². The summed E-state index contributed by atoms with van der Waals surface area (Å²) in [5, 5.41) is 8.96. The third-order valence-corrected chi connectivity index (χ3v) is 5.57. The molecule has 0 bridgehead atoms. The van der Waals surface area contributed by atoms with E-state index in [1.807, 2.05) is 6.92 Å². The van der Waals surface area contributed by atoms with E-state index in [0.29, 0.717) is 51.6 Å². The summed E-state index contributed by atoms with van der Waals surface area (Å²) in [6.07, 6.45) is 5.60. The summed E-state index contributed by atoms with van der Waals surface area (Å²) < 4.78 is 4.89. The first kappa shape index (κ1) is 21.3. The molecule has 0 aromatic heterocycles. The van der Waals surface area contributed by atoms with Crippen molar-refractivity contribution in [1.29, 1.82) is 0 Å². The molecule has 0 unspecified atom stereocenters. The molecule has 1 atom stereocenters. The Balaban J connectivity index is 0.000000251. The number of hydrogen-bond donors (Lipinski definition) is 1. The highest BCUT2D eigenvalue weighted by atomic mass is 16.5. The molecule has 6 heteroatoms. The maximum absolute atomic E-state index is 11.5. The molecule has 0 aromatic carbocycles. The summed E-state index contributed by atoms with van der Waals surface area (Å²) in [4.78, 5) is 44.8. The van der Waals surface area contributed by atoms with Crippen molar-refractivity contribution >= 4 is 23.5 Å². The lowest BCUT2D eigenvalue weighted by Crippen LogP contribution is -2.40. The van der Waals surface area contributed by atoms with Gasteiger partial charge in [0.05, 0.1) is 12.0 Å². The van der Waals surface area contributed by atoms with Crippen LogP contribution in [0.1, 0.15) is 78.6 Å².